The minimum Gasteiger partial charge on any atom is -0.378 e. The molecule has 0 aliphatic carbocycles. The van der Waals surface area contributed by atoms with Gasteiger partial charge in [-0.15, -0.1) is 0 Å². The SMILES string of the molecule is COC1CCNC[C@H]1F. The van der Waals surface area contributed by atoms with Crippen LogP contribution in [0.1, 0.15) is 6.42 Å². The maximum absolute atomic E-state index is 12.7. The first-order valence-corrected chi connectivity index (χ1v) is 3.22. The van der Waals surface area contributed by atoms with Crippen LogP contribution in [0.15, 0.2) is 0 Å². The summed E-state index contributed by atoms with van der Waals surface area (Å²) in [6.45, 7) is 1.32. The van der Waals surface area contributed by atoms with E-state index in [-0.39, 0.29) is 6.10 Å². The van der Waals surface area contributed by atoms with E-state index in [4.69, 9.17) is 4.74 Å². The van der Waals surface area contributed by atoms with Gasteiger partial charge in [0.25, 0.3) is 0 Å². The van der Waals surface area contributed by atoms with Gasteiger partial charge < -0.3 is 10.1 Å². The van der Waals surface area contributed by atoms with Crippen molar-refractivity contribution in [3.05, 3.63) is 0 Å². The number of ether oxygens (including phenoxy) is 1. The molecule has 1 unspecified atom stereocenters. The van der Waals surface area contributed by atoms with Crippen LogP contribution in [0.25, 0.3) is 0 Å². The molecule has 0 saturated carbocycles. The van der Waals surface area contributed by atoms with Crippen LogP contribution in [0, 0.1) is 0 Å². The predicted molar refractivity (Wildman–Crippen MR) is 33.2 cm³/mol. The number of methoxy groups -OCH3 is 1. The average molecular weight is 133 g/mol. The maximum atomic E-state index is 12.7. The molecule has 0 spiro atoms. The number of hydrogen-bond donors (Lipinski definition) is 1. The molecule has 1 heterocycles. The normalized spacial score (nSPS) is 36.7. The fraction of sp³-hybridized carbons (Fsp3) is 1.00. The van der Waals surface area contributed by atoms with Crippen LogP contribution in [0.4, 0.5) is 4.39 Å². The highest BCUT2D eigenvalue weighted by atomic mass is 19.1. The molecule has 9 heavy (non-hydrogen) atoms. The van der Waals surface area contributed by atoms with Crippen LogP contribution < -0.4 is 5.32 Å². The highest BCUT2D eigenvalue weighted by Crippen LogP contribution is 2.09. The van der Waals surface area contributed by atoms with Gasteiger partial charge >= 0.3 is 0 Å². The number of halogens is 1. The van der Waals surface area contributed by atoms with Crippen molar-refractivity contribution in [1.29, 1.82) is 0 Å². The van der Waals surface area contributed by atoms with E-state index in [2.05, 4.69) is 5.32 Å². The van der Waals surface area contributed by atoms with Gasteiger partial charge in [0.2, 0.25) is 0 Å². The van der Waals surface area contributed by atoms with Crippen molar-refractivity contribution in [3.8, 4) is 0 Å². The average Bonchev–Trinajstić information content (AvgIpc) is 1.89. The van der Waals surface area contributed by atoms with E-state index in [1.54, 1.807) is 7.11 Å². The third kappa shape index (κ3) is 1.63. The summed E-state index contributed by atoms with van der Waals surface area (Å²) in [6.07, 6.45) is -0.201. The van der Waals surface area contributed by atoms with Crippen molar-refractivity contribution in [2.24, 2.45) is 0 Å². The number of nitrogens with one attached hydrogen (secondary N) is 1. The second-order valence-corrected chi connectivity index (χ2v) is 2.28. The van der Waals surface area contributed by atoms with E-state index in [1.807, 2.05) is 0 Å². The first kappa shape index (κ1) is 6.96. The van der Waals surface area contributed by atoms with Crippen LogP contribution in [0.5, 0.6) is 0 Å². The van der Waals surface area contributed by atoms with E-state index in [0.717, 1.165) is 13.0 Å². The lowest BCUT2D eigenvalue weighted by molar-refractivity contribution is 0.0132. The van der Waals surface area contributed by atoms with Crippen LogP contribution in [-0.4, -0.2) is 32.5 Å². The van der Waals surface area contributed by atoms with Gasteiger partial charge in [-0.2, -0.15) is 0 Å². The van der Waals surface area contributed by atoms with Crippen LogP contribution >= 0.6 is 0 Å². The summed E-state index contributed by atoms with van der Waals surface area (Å²) in [5.74, 6) is 0. The lowest BCUT2D eigenvalue weighted by Crippen LogP contribution is -2.42. The van der Waals surface area contributed by atoms with Crippen molar-refractivity contribution < 1.29 is 9.13 Å². The van der Waals surface area contributed by atoms with Gasteiger partial charge in [0.15, 0.2) is 0 Å². The molecule has 1 rings (SSSR count). The monoisotopic (exact) mass is 133 g/mol. The van der Waals surface area contributed by atoms with E-state index in [9.17, 15) is 4.39 Å². The summed E-state index contributed by atoms with van der Waals surface area (Å²) in [7, 11) is 1.56. The third-order valence-electron chi connectivity index (χ3n) is 1.65. The molecule has 0 aromatic rings. The second-order valence-electron chi connectivity index (χ2n) is 2.28. The molecule has 1 saturated heterocycles. The fourth-order valence-electron chi connectivity index (χ4n) is 1.06. The van der Waals surface area contributed by atoms with E-state index >= 15 is 0 Å². The maximum Gasteiger partial charge on any atom is 0.139 e. The van der Waals surface area contributed by atoms with Gasteiger partial charge in [0.1, 0.15) is 6.17 Å². The Labute approximate surface area is 54.4 Å². The quantitative estimate of drug-likeness (QED) is 0.556. The number of alkyl halides is 1. The number of hydrogen-bond acceptors (Lipinski definition) is 2. The van der Waals surface area contributed by atoms with Gasteiger partial charge in [-0.3, -0.25) is 0 Å². The molecule has 1 N–H and O–H groups in total. The first-order chi connectivity index (χ1) is 4.34. The Kier molecular flexibility index (Phi) is 2.42. The smallest absolute Gasteiger partial charge is 0.139 e. The predicted octanol–water partition coefficient (Wildman–Crippen LogP) is 0.333. The highest BCUT2D eigenvalue weighted by Gasteiger charge is 2.23. The van der Waals surface area contributed by atoms with E-state index in [1.165, 1.54) is 0 Å². The summed E-state index contributed by atoms with van der Waals surface area (Å²) in [4.78, 5) is 0. The largest absolute Gasteiger partial charge is 0.378 e. The summed E-state index contributed by atoms with van der Waals surface area (Å²) in [5, 5.41) is 2.94. The Morgan fingerprint density at radius 1 is 1.67 bits per heavy atom. The van der Waals surface area contributed by atoms with Crippen LogP contribution in [0.3, 0.4) is 0 Å². The Balaban J connectivity index is 2.30. The number of piperidine rings is 1. The lowest BCUT2D eigenvalue weighted by Gasteiger charge is -2.24. The molecular weight excluding hydrogens is 121 g/mol. The van der Waals surface area contributed by atoms with Crippen molar-refractivity contribution >= 4 is 0 Å². The van der Waals surface area contributed by atoms with Crippen molar-refractivity contribution in [2.45, 2.75) is 18.7 Å². The minimum atomic E-state index is -0.816. The lowest BCUT2D eigenvalue weighted by atomic mass is 10.1. The molecule has 0 amide bonds. The standard InChI is InChI=1S/C6H12FNO/c1-9-6-2-3-8-4-5(6)7/h5-6,8H,2-4H2,1H3/t5-,6?/m1/s1. The van der Waals surface area contributed by atoms with Crippen molar-refractivity contribution in [1.82, 2.24) is 5.32 Å². The minimum absolute atomic E-state index is 0.175. The van der Waals surface area contributed by atoms with Crippen molar-refractivity contribution in [3.63, 3.8) is 0 Å². The summed E-state index contributed by atoms with van der Waals surface area (Å²) >= 11 is 0. The summed E-state index contributed by atoms with van der Waals surface area (Å²) < 4.78 is 17.5. The van der Waals surface area contributed by atoms with Gasteiger partial charge in [-0.05, 0) is 13.0 Å². The second kappa shape index (κ2) is 3.13. The summed E-state index contributed by atoms with van der Waals surface area (Å²) in [5.41, 5.74) is 0. The Hall–Kier alpha value is -0.150. The first-order valence-electron chi connectivity index (χ1n) is 3.22. The molecule has 1 aliphatic rings. The molecule has 0 radical (unpaired) electrons. The van der Waals surface area contributed by atoms with Crippen molar-refractivity contribution in [2.75, 3.05) is 20.2 Å². The molecule has 0 aromatic heterocycles. The Bertz CT molecular complexity index is 89.1. The molecule has 0 bridgehead atoms. The molecule has 2 atom stereocenters. The van der Waals surface area contributed by atoms with Gasteiger partial charge in [0, 0.05) is 13.7 Å². The molecule has 1 fully saturated rings. The molecule has 0 aromatic carbocycles. The molecule has 1 aliphatic heterocycles. The zero-order valence-electron chi connectivity index (χ0n) is 5.56. The zero-order valence-corrected chi connectivity index (χ0v) is 5.56. The topological polar surface area (TPSA) is 21.3 Å². The molecule has 3 heteroatoms. The Morgan fingerprint density at radius 2 is 2.44 bits per heavy atom. The third-order valence-corrected chi connectivity index (χ3v) is 1.65. The Morgan fingerprint density at radius 3 is 2.89 bits per heavy atom. The van der Waals surface area contributed by atoms with Crippen LogP contribution in [0.2, 0.25) is 0 Å². The number of rotatable bonds is 1. The zero-order chi connectivity index (χ0) is 6.69. The van der Waals surface area contributed by atoms with Crippen LogP contribution in [-0.2, 0) is 4.74 Å². The molecular formula is C6H12FNO. The van der Waals surface area contributed by atoms with E-state index < -0.39 is 6.17 Å². The summed E-state index contributed by atoms with van der Waals surface area (Å²) in [6, 6.07) is 0. The van der Waals surface area contributed by atoms with E-state index in [0.29, 0.717) is 6.54 Å². The molecule has 2 nitrogen and oxygen atoms in total. The fourth-order valence-corrected chi connectivity index (χ4v) is 1.06. The van der Waals surface area contributed by atoms with Gasteiger partial charge in [-0.1, -0.05) is 0 Å². The highest BCUT2D eigenvalue weighted by molar-refractivity contribution is 4.77. The van der Waals surface area contributed by atoms with Gasteiger partial charge in [0.05, 0.1) is 6.10 Å². The van der Waals surface area contributed by atoms with Gasteiger partial charge in [-0.25, -0.2) is 4.39 Å². The molecule has 54 valence electrons.